The van der Waals surface area contributed by atoms with E-state index in [0.717, 1.165) is 67.1 Å². The second-order valence-electron chi connectivity index (χ2n) is 10.1. The van der Waals surface area contributed by atoms with Crippen molar-refractivity contribution in [2.75, 3.05) is 31.6 Å². The number of ether oxygens (including phenoxy) is 1. The molecule has 3 aromatic carbocycles. The Morgan fingerprint density at radius 2 is 1.92 bits per heavy atom. The van der Waals surface area contributed by atoms with Gasteiger partial charge in [-0.3, -0.25) is 14.8 Å². The summed E-state index contributed by atoms with van der Waals surface area (Å²) in [5.74, 6) is 0.319. The molecule has 1 aromatic heterocycles. The fourth-order valence-corrected chi connectivity index (χ4v) is 5.94. The van der Waals surface area contributed by atoms with Crippen molar-refractivity contribution in [1.29, 1.82) is 0 Å². The second-order valence-corrected chi connectivity index (χ2v) is 10.1. The van der Waals surface area contributed by atoms with E-state index in [2.05, 4.69) is 81.1 Å². The van der Waals surface area contributed by atoms with Crippen molar-refractivity contribution in [1.82, 2.24) is 15.1 Å². The fraction of sp³-hybridized carbons (Fsp3) is 0.267. The van der Waals surface area contributed by atoms with Crippen LogP contribution in [0.2, 0.25) is 0 Å². The first-order chi connectivity index (χ1) is 17.7. The summed E-state index contributed by atoms with van der Waals surface area (Å²) >= 11 is 0. The number of amides is 1. The van der Waals surface area contributed by atoms with Crippen LogP contribution >= 0.6 is 0 Å². The van der Waals surface area contributed by atoms with Gasteiger partial charge in [0.15, 0.2) is 0 Å². The normalized spacial score (nSPS) is 23.4. The lowest BCUT2D eigenvalue weighted by atomic mass is 9.92. The second kappa shape index (κ2) is 8.43. The third-order valence-electron chi connectivity index (χ3n) is 7.94. The lowest BCUT2D eigenvalue weighted by Crippen LogP contribution is -2.35. The van der Waals surface area contributed by atoms with E-state index in [9.17, 15) is 4.79 Å². The summed E-state index contributed by atoms with van der Waals surface area (Å²) in [6, 6.07) is 23.2. The molecule has 1 saturated heterocycles. The van der Waals surface area contributed by atoms with Crippen molar-refractivity contribution >= 4 is 34.6 Å². The highest BCUT2D eigenvalue weighted by Gasteiger charge is 2.65. The quantitative estimate of drug-likeness (QED) is 0.428. The lowest BCUT2D eigenvalue weighted by Gasteiger charge is -2.26. The van der Waals surface area contributed by atoms with Crippen LogP contribution < -0.4 is 5.32 Å². The number of H-pyrrole nitrogens is 1. The molecule has 1 saturated carbocycles. The molecule has 2 atom stereocenters. The average molecular weight is 477 g/mol. The molecule has 6 heteroatoms. The molecular weight excluding hydrogens is 448 g/mol. The Morgan fingerprint density at radius 1 is 1.03 bits per heavy atom. The van der Waals surface area contributed by atoms with Gasteiger partial charge >= 0.3 is 0 Å². The fourth-order valence-electron chi connectivity index (χ4n) is 5.94. The molecule has 180 valence electrons. The Kier molecular flexibility index (Phi) is 5.04. The van der Waals surface area contributed by atoms with E-state index in [1.807, 2.05) is 18.2 Å². The summed E-state index contributed by atoms with van der Waals surface area (Å²) < 4.78 is 5.46. The van der Waals surface area contributed by atoms with E-state index in [-0.39, 0.29) is 11.8 Å². The maximum Gasteiger partial charge on any atom is 0.235 e. The molecule has 0 radical (unpaired) electrons. The van der Waals surface area contributed by atoms with Gasteiger partial charge < -0.3 is 10.1 Å². The molecule has 0 bridgehead atoms. The minimum Gasteiger partial charge on any atom is -0.379 e. The van der Waals surface area contributed by atoms with Crippen molar-refractivity contribution in [2.24, 2.45) is 0 Å². The van der Waals surface area contributed by atoms with Gasteiger partial charge in [0, 0.05) is 36.6 Å². The molecular formula is C30H28N4O2. The van der Waals surface area contributed by atoms with Gasteiger partial charge in [0.25, 0.3) is 0 Å². The zero-order valence-corrected chi connectivity index (χ0v) is 20.0. The van der Waals surface area contributed by atoms with Crippen LogP contribution in [0, 0.1) is 0 Å². The summed E-state index contributed by atoms with van der Waals surface area (Å²) in [5, 5.41) is 11.9. The Hall–Kier alpha value is -3.74. The summed E-state index contributed by atoms with van der Waals surface area (Å²) in [7, 11) is 0. The first kappa shape index (κ1) is 21.5. The van der Waals surface area contributed by atoms with Crippen LogP contribution in [0.3, 0.4) is 0 Å². The zero-order chi connectivity index (χ0) is 24.1. The van der Waals surface area contributed by atoms with E-state index >= 15 is 0 Å². The van der Waals surface area contributed by atoms with Crippen LogP contribution in [0.5, 0.6) is 0 Å². The van der Waals surface area contributed by atoms with Gasteiger partial charge in [0.05, 0.1) is 29.8 Å². The van der Waals surface area contributed by atoms with Gasteiger partial charge in [0.1, 0.15) is 0 Å². The maximum absolute atomic E-state index is 12.9. The topological polar surface area (TPSA) is 70.2 Å². The number of fused-ring (bicyclic) bond motifs is 3. The summed E-state index contributed by atoms with van der Waals surface area (Å²) in [6.07, 6.45) is 5.05. The van der Waals surface area contributed by atoms with Crippen molar-refractivity contribution in [3.63, 3.8) is 0 Å². The van der Waals surface area contributed by atoms with Gasteiger partial charge in [-0.05, 0) is 46.9 Å². The minimum absolute atomic E-state index is 0.123. The number of hydrogen-bond donors (Lipinski definition) is 2. The van der Waals surface area contributed by atoms with Crippen molar-refractivity contribution < 1.29 is 9.53 Å². The number of aromatic nitrogens is 2. The first-order valence-corrected chi connectivity index (χ1v) is 12.7. The van der Waals surface area contributed by atoms with Crippen LogP contribution in [0.25, 0.3) is 23.1 Å². The highest BCUT2D eigenvalue weighted by Crippen LogP contribution is 2.64. The number of aromatic amines is 1. The largest absolute Gasteiger partial charge is 0.379 e. The number of carbonyl (C=O) groups is 1. The number of anilines is 1. The van der Waals surface area contributed by atoms with Crippen molar-refractivity contribution in [2.45, 2.75) is 24.3 Å². The standard InChI is InChI=1S/C30H28N4O2/c35-29-30(24-6-1-2-7-27(24)31-29)18-25(30)22-9-10-23-26(32-33-28(23)17-22)11-8-20-4-3-5-21(16-20)19-34-12-14-36-15-13-34/h1-11,16-17,25H,12-15,18-19H2,(H,31,35)(H,32,33)/b11-8+/t25-,30?/m0/s1. The van der Waals surface area contributed by atoms with Crippen LogP contribution in [0.1, 0.15) is 40.3 Å². The number of nitrogens with zero attached hydrogens (tertiary/aromatic N) is 2. The molecule has 3 aliphatic rings. The van der Waals surface area contributed by atoms with Crippen LogP contribution in [-0.2, 0) is 21.5 Å². The zero-order valence-electron chi connectivity index (χ0n) is 20.0. The van der Waals surface area contributed by atoms with Gasteiger partial charge in [-0.1, -0.05) is 60.7 Å². The smallest absolute Gasteiger partial charge is 0.235 e. The summed E-state index contributed by atoms with van der Waals surface area (Å²) in [4.78, 5) is 15.3. The lowest BCUT2D eigenvalue weighted by molar-refractivity contribution is -0.118. The van der Waals surface area contributed by atoms with Crippen LogP contribution in [0.15, 0.2) is 66.7 Å². The Balaban J connectivity index is 1.10. The third kappa shape index (κ3) is 3.56. The van der Waals surface area contributed by atoms with Crippen molar-refractivity contribution in [3.05, 3.63) is 94.7 Å². The van der Waals surface area contributed by atoms with E-state index in [4.69, 9.17) is 4.74 Å². The molecule has 1 amide bonds. The van der Waals surface area contributed by atoms with Gasteiger partial charge in [-0.2, -0.15) is 5.10 Å². The van der Waals surface area contributed by atoms with E-state index in [1.54, 1.807) is 0 Å². The molecule has 1 spiro atoms. The molecule has 6 nitrogen and oxygen atoms in total. The van der Waals surface area contributed by atoms with Crippen LogP contribution in [-0.4, -0.2) is 47.3 Å². The number of morpholine rings is 1. The van der Waals surface area contributed by atoms with E-state index in [1.165, 1.54) is 16.7 Å². The number of hydrogen-bond acceptors (Lipinski definition) is 4. The Bertz CT molecular complexity index is 1500. The molecule has 7 rings (SSSR count). The monoisotopic (exact) mass is 476 g/mol. The van der Waals surface area contributed by atoms with Crippen molar-refractivity contribution in [3.8, 4) is 0 Å². The molecule has 1 aliphatic carbocycles. The number of para-hydroxylation sites is 1. The molecule has 2 aliphatic heterocycles. The van der Waals surface area contributed by atoms with Gasteiger partial charge in [-0.15, -0.1) is 0 Å². The number of rotatable bonds is 5. The highest BCUT2D eigenvalue weighted by atomic mass is 16.5. The molecule has 2 fully saturated rings. The number of carbonyl (C=O) groups excluding carboxylic acids is 1. The van der Waals surface area contributed by atoms with Gasteiger partial charge in [0.2, 0.25) is 5.91 Å². The Morgan fingerprint density at radius 3 is 2.83 bits per heavy atom. The molecule has 4 aromatic rings. The van der Waals surface area contributed by atoms with E-state index < -0.39 is 5.41 Å². The maximum atomic E-state index is 12.9. The SMILES string of the molecule is O=C1Nc2ccccc2C12C[C@H]2c1ccc2c(/C=C/c3cccc(CN4CCOCC4)c3)n[nH]c2c1. The van der Waals surface area contributed by atoms with Gasteiger partial charge in [-0.25, -0.2) is 0 Å². The molecule has 3 heterocycles. The average Bonchev–Trinajstić information content (AvgIpc) is 3.44. The van der Waals surface area contributed by atoms with Crippen LogP contribution in [0.4, 0.5) is 5.69 Å². The highest BCUT2D eigenvalue weighted by molar-refractivity contribution is 6.09. The van der Waals surface area contributed by atoms with E-state index in [0.29, 0.717) is 0 Å². The molecule has 2 N–H and O–H groups in total. The minimum atomic E-state index is -0.417. The molecule has 36 heavy (non-hydrogen) atoms. The first-order valence-electron chi connectivity index (χ1n) is 12.7. The predicted molar refractivity (Wildman–Crippen MR) is 142 cm³/mol. The number of benzene rings is 3. The predicted octanol–water partition coefficient (Wildman–Crippen LogP) is 4.94. The third-order valence-corrected chi connectivity index (χ3v) is 7.94. The molecule has 1 unspecified atom stereocenters. The summed E-state index contributed by atoms with van der Waals surface area (Å²) in [6.45, 7) is 4.55. The summed E-state index contributed by atoms with van der Waals surface area (Å²) in [5.41, 5.74) is 7.25. The Labute approximate surface area is 210 Å². The number of nitrogens with one attached hydrogen (secondary N) is 2.